The maximum absolute atomic E-state index is 12.7. The van der Waals surface area contributed by atoms with E-state index in [9.17, 15) is 14.0 Å². The standard InChI is InChI=1S/C13H13FN2O3/c1-15-10(7-12(17)16(2)13(15)18)8-19-11-5-3-9(14)4-6-11/h3-7H,8H2,1-2H3. The predicted octanol–water partition coefficient (Wildman–Crippen LogP) is 0.802. The molecule has 6 heteroatoms. The van der Waals surface area contributed by atoms with Crippen molar-refractivity contribution >= 4 is 0 Å². The van der Waals surface area contributed by atoms with Crippen molar-refractivity contribution in [3.8, 4) is 5.75 Å². The van der Waals surface area contributed by atoms with Crippen LogP contribution in [0, 0.1) is 5.82 Å². The minimum Gasteiger partial charge on any atom is -0.487 e. The van der Waals surface area contributed by atoms with Gasteiger partial charge in [0.1, 0.15) is 18.2 Å². The average Bonchev–Trinajstić information content (AvgIpc) is 2.41. The normalized spacial score (nSPS) is 10.5. The van der Waals surface area contributed by atoms with Crippen molar-refractivity contribution in [3.05, 3.63) is 62.7 Å². The first-order chi connectivity index (χ1) is 8.99. The fourth-order valence-electron chi connectivity index (χ4n) is 1.60. The Kier molecular flexibility index (Phi) is 3.50. The van der Waals surface area contributed by atoms with Crippen molar-refractivity contribution in [2.75, 3.05) is 0 Å². The van der Waals surface area contributed by atoms with Crippen LogP contribution in [-0.4, -0.2) is 9.13 Å². The van der Waals surface area contributed by atoms with Crippen LogP contribution < -0.4 is 16.0 Å². The number of rotatable bonds is 3. The summed E-state index contributed by atoms with van der Waals surface area (Å²) in [5.74, 6) is 0.114. The third kappa shape index (κ3) is 2.73. The van der Waals surface area contributed by atoms with E-state index in [0.717, 1.165) is 4.57 Å². The molecule has 0 radical (unpaired) electrons. The zero-order chi connectivity index (χ0) is 14.0. The van der Waals surface area contributed by atoms with Crippen LogP contribution in [0.1, 0.15) is 5.69 Å². The Labute approximate surface area is 108 Å². The molecule has 0 aliphatic rings. The van der Waals surface area contributed by atoms with Crippen LogP contribution in [0.3, 0.4) is 0 Å². The molecule has 0 N–H and O–H groups in total. The van der Waals surface area contributed by atoms with Gasteiger partial charge < -0.3 is 4.74 Å². The number of benzene rings is 1. The fraction of sp³-hybridized carbons (Fsp3) is 0.231. The second-order valence-corrected chi connectivity index (χ2v) is 4.12. The lowest BCUT2D eigenvalue weighted by Crippen LogP contribution is -2.38. The van der Waals surface area contributed by atoms with Gasteiger partial charge in [-0.1, -0.05) is 0 Å². The summed E-state index contributed by atoms with van der Waals surface area (Å²) in [5.41, 5.74) is -0.344. The first-order valence-corrected chi connectivity index (χ1v) is 5.63. The third-order valence-electron chi connectivity index (χ3n) is 2.83. The van der Waals surface area contributed by atoms with Gasteiger partial charge in [-0.25, -0.2) is 9.18 Å². The highest BCUT2D eigenvalue weighted by Gasteiger charge is 2.06. The lowest BCUT2D eigenvalue weighted by Gasteiger charge is -2.10. The summed E-state index contributed by atoms with van der Waals surface area (Å²) in [6, 6.07) is 6.85. The van der Waals surface area contributed by atoms with Gasteiger partial charge in [-0.2, -0.15) is 0 Å². The van der Waals surface area contributed by atoms with Gasteiger partial charge in [0, 0.05) is 20.2 Å². The Hall–Kier alpha value is -2.37. The highest BCUT2D eigenvalue weighted by Crippen LogP contribution is 2.12. The van der Waals surface area contributed by atoms with E-state index in [1.165, 1.54) is 41.9 Å². The molecule has 19 heavy (non-hydrogen) atoms. The summed E-state index contributed by atoms with van der Waals surface area (Å²) >= 11 is 0. The van der Waals surface area contributed by atoms with E-state index < -0.39 is 5.69 Å². The first-order valence-electron chi connectivity index (χ1n) is 5.63. The summed E-state index contributed by atoms with van der Waals surface area (Å²) < 4.78 is 20.5. The van der Waals surface area contributed by atoms with E-state index >= 15 is 0 Å². The van der Waals surface area contributed by atoms with Gasteiger partial charge in [-0.3, -0.25) is 13.9 Å². The van der Waals surface area contributed by atoms with E-state index in [1.807, 2.05) is 0 Å². The maximum atomic E-state index is 12.7. The molecular formula is C13H13FN2O3. The van der Waals surface area contributed by atoms with E-state index in [-0.39, 0.29) is 18.0 Å². The Morgan fingerprint density at radius 2 is 1.74 bits per heavy atom. The van der Waals surface area contributed by atoms with Crippen molar-refractivity contribution in [3.63, 3.8) is 0 Å². The van der Waals surface area contributed by atoms with Gasteiger partial charge in [-0.15, -0.1) is 0 Å². The van der Waals surface area contributed by atoms with Crippen LogP contribution in [0.25, 0.3) is 0 Å². The molecule has 0 saturated carbocycles. The molecule has 5 nitrogen and oxygen atoms in total. The predicted molar refractivity (Wildman–Crippen MR) is 67.7 cm³/mol. The number of ether oxygens (including phenoxy) is 1. The summed E-state index contributed by atoms with van der Waals surface area (Å²) in [6.07, 6.45) is 0. The zero-order valence-electron chi connectivity index (χ0n) is 10.6. The molecule has 2 rings (SSSR count). The van der Waals surface area contributed by atoms with E-state index in [2.05, 4.69) is 0 Å². The minimum atomic E-state index is -0.412. The van der Waals surface area contributed by atoms with Crippen molar-refractivity contribution in [2.45, 2.75) is 6.61 Å². The topological polar surface area (TPSA) is 53.2 Å². The largest absolute Gasteiger partial charge is 0.487 e. The van der Waals surface area contributed by atoms with Crippen molar-refractivity contribution in [1.82, 2.24) is 9.13 Å². The molecule has 0 fully saturated rings. The Morgan fingerprint density at radius 1 is 1.11 bits per heavy atom. The monoisotopic (exact) mass is 264 g/mol. The molecule has 0 amide bonds. The second kappa shape index (κ2) is 5.09. The van der Waals surface area contributed by atoms with Crippen molar-refractivity contribution in [2.24, 2.45) is 14.1 Å². The molecule has 0 saturated heterocycles. The number of hydrogen-bond acceptors (Lipinski definition) is 3. The van der Waals surface area contributed by atoms with Gasteiger partial charge in [0.25, 0.3) is 5.56 Å². The molecule has 2 aromatic rings. The number of nitrogens with zero attached hydrogens (tertiary/aromatic N) is 2. The van der Waals surface area contributed by atoms with E-state index in [4.69, 9.17) is 4.74 Å². The van der Waals surface area contributed by atoms with Crippen LogP contribution >= 0.6 is 0 Å². The van der Waals surface area contributed by atoms with Crippen LogP contribution in [0.5, 0.6) is 5.75 Å². The number of hydrogen-bond donors (Lipinski definition) is 0. The third-order valence-corrected chi connectivity index (χ3v) is 2.83. The summed E-state index contributed by atoms with van der Waals surface area (Å²) in [4.78, 5) is 23.2. The SMILES string of the molecule is Cn1c(COc2ccc(F)cc2)cc(=O)n(C)c1=O. The number of halogens is 1. The fourth-order valence-corrected chi connectivity index (χ4v) is 1.60. The average molecular weight is 264 g/mol. The zero-order valence-corrected chi connectivity index (χ0v) is 10.6. The molecule has 1 heterocycles. The van der Waals surface area contributed by atoms with Crippen LogP contribution in [-0.2, 0) is 20.7 Å². The van der Waals surface area contributed by atoms with E-state index in [1.54, 1.807) is 7.05 Å². The lowest BCUT2D eigenvalue weighted by atomic mass is 10.3. The Balaban J connectivity index is 2.23. The molecule has 100 valence electrons. The molecule has 0 atom stereocenters. The highest BCUT2D eigenvalue weighted by molar-refractivity contribution is 5.22. The van der Waals surface area contributed by atoms with Crippen LogP contribution in [0.2, 0.25) is 0 Å². The molecule has 0 aliphatic carbocycles. The summed E-state index contributed by atoms with van der Waals surface area (Å²) in [6.45, 7) is 0.0629. The maximum Gasteiger partial charge on any atom is 0.330 e. The molecule has 0 unspecified atom stereocenters. The smallest absolute Gasteiger partial charge is 0.330 e. The quantitative estimate of drug-likeness (QED) is 0.824. The van der Waals surface area contributed by atoms with Gasteiger partial charge in [0.05, 0.1) is 5.69 Å². The molecule has 0 aliphatic heterocycles. The summed E-state index contributed by atoms with van der Waals surface area (Å²) in [5, 5.41) is 0. The second-order valence-electron chi connectivity index (χ2n) is 4.12. The van der Waals surface area contributed by atoms with Crippen molar-refractivity contribution < 1.29 is 9.13 Å². The van der Waals surface area contributed by atoms with Gasteiger partial charge in [0.15, 0.2) is 0 Å². The number of aromatic nitrogens is 2. The van der Waals surface area contributed by atoms with Crippen LogP contribution in [0.15, 0.2) is 39.9 Å². The highest BCUT2D eigenvalue weighted by atomic mass is 19.1. The molecule has 0 spiro atoms. The lowest BCUT2D eigenvalue weighted by molar-refractivity contribution is 0.293. The van der Waals surface area contributed by atoms with Crippen molar-refractivity contribution in [1.29, 1.82) is 0 Å². The summed E-state index contributed by atoms with van der Waals surface area (Å²) in [7, 11) is 2.97. The minimum absolute atomic E-state index is 0.0629. The Bertz CT molecular complexity index is 701. The van der Waals surface area contributed by atoms with Crippen LogP contribution in [0.4, 0.5) is 4.39 Å². The van der Waals surface area contributed by atoms with Gasteiger partial charge >= 0.3 is 5.69 Å². The molecule has 0 bridgehead atoms. The van der Waals surface area contributed by atoms with Gasteiger partial charge in [0.2, 0.25) is 0 Å². The molecular weight excluding hydrogens is 251 g/mol. The van der Waals surface area contributed by atoms with E-state index in [0.29, 0.717) is 11.4 Å². The molecule has 1 aromatic heterocycles. The van der Waals surface area contributed by atoms with Gasteiger partial charge in [-0.05, 0) is 24.3 Å². The Morgan fingerprint density at radius 3 is 2.37 bits per heavy atom. The first kappa shape index (κ1) is 13.1. The molecule has 1 aromatic carbocycles.